The lowest BCUT2D eigenvalue weighted by Crippen LogP contribution is -2.27. The summed E-state index contributed by atoms with van der Waals surface area (Å²) < 4.78 is 15.7. The van der Waals surface area contributed by atoms with Crippen molar-refractivity contribution < 1.29 is 19.0 Å². The molecule has 1 amide bonds. The van der Waals surface area contributed by atoms with Crippen LogP contribution in [0.15, 0.2) is 36.4 Å². The minimum atomic E-state index is -0.275. The predicted octanol–water partition coefficient (Wildman–Crippen LogP) is 3.86. The van der Waals surface area contributed by atoms with Crippen molar-refractivity contribution >= 4 is 17.5 Å². The Balaban J connectivity index is 2.21. The summed E-state index contributed by atoms with van der Waals surface area (Å²) in [4.78, 5) is 12.5. The number of benzene rings is 2. The third-order valence-electron chi connectivity index (χ3n) is 3.66. The summed E-state index contributed by atoms with van der Waals surface area (Å²) in [6, 6.07) is 10.1. The molecule has 0 aliphatic carbocycles. The molecule has 0 radical (unpaired) electrons. The van der Waals surface area contributed by atoms with E-state index in [0.29, 0.717) is 27.8 Å². The van der Waals surface area contributed by atoms with Crippen molar-refractivity contribution in [3.05, 3.63) is 52.5 Å². The van der Waals surface area contributed by atoms with E-state index < -0.39 is 0 Å². The van der Waals surface area contributed by atoms with Gasteiger partial charge in [-0.05, 0) is 43.3 Å². The Kier molecular flexibility index (Phi) is 5.93. The Morgan fingerprint density at radius 3 is 2.25 bits per heavy atom. The molecule has 0 spiro atoms. The van der Waals surface area contributed by atoms with Gasteiger partial charge in [0.15, 0.2) is 0 Å². The lowest BCUT2D eigenvalue weighted by molar-refractivity contribution is 0.0939. The molecule has 0 unspecified atom stereocenters. The summed E-state index contributed by atoms with van der Waals surface area (Å²) in [7, 11) is 4.70. The van der Waals surface area contributed by atoms with Crippen molar-refractivity contribution in [2.45, 2.75) is 13.0 Å². The van der Waals surface area contributed by atoms with E-state index in [1.807, 2.05) is 13.0 Å². The van der Waals surface area contributed by atoms with E-state index >= 15 is 0 Å². The number of amides is 1. The highest BCUT2D eigenvalue weighted by atomic mass is 35.5. The highest BCUT2D eigenvalue weighted by molar-refractivity contribution is 6.32. The number of methoxy groups -OCH3 is 3. The fraction of sp³-hybridized carbons (Fsp3) is 0.278. The molecule has 2 aromatic rings. The standard InChI is InChI=1S/C18H20ClNO4/c1-11(14-10-13(22-2)6-8-16(14)23-3)20-18(21)12-5-7-17(24-4)15(19)9-12/h5-11H,1-4H3,(H,20,21)/t11-/m0/s1. The van der Waals surface area contributed by atoms with E-state index in [1.165, 1.54) is 7.11 Å². The van der Waals surface area contributed by atoms with Crippen LogP contribution >= 0.6 is 11.6 Å². The monoisotopic (exact) mass is 349 g/mol. The largest absolute Gasteiger partial charge is 0.497 e. The molecule has 24 heavy (non-hydrogen) atoms. The zero-order chi connectivity index (χ0) is 17.7. The van der Waals surface area contributed by atoms with Crippen LogP contribution in [0.1, 0.15) is 28.9 Å². The SMILES string of the molecule is COc1ccc(OC)c([C@H](C)NC(=O)c2ccc(OC)c(Cl)c2)c1. The summed E-state index contributed by atoms with van der Waals surface area (Å²) in [6.45, 7) is 1.88. The molecular formula is C18H20ClNO4. The third kappa shape index (κ3) is 3.92. The van der Waals surface area contributed by atoms with Crippen LogP contribution in [0.3, 0.4) is 0 Å². The van der Waals surface area contributed by atoms with Crippen LogP contribution in [0.2, 0.25) is 5.02 Å². The molecule has 2 aromatic carbocycles. The number of hydrogen-bond acceptors (Lipinski definition) is 4. The molecular weight excluding hydrogens is 330 g/mol. The second-order valence-electron chi connectivity index (χ2n) is 5.15. The van der Waals surface area contributed by atoms with Gasteiger partial charge in [0.25, 0.3) is 5.91 Å². The first-order valence-corrected chi connectivity index (χ1v) is 7.74. The van der Waals surface area contributed by atoms with Crippen molar-refractivity contribution in [3.63, 3.8) is 0 Å². The maximum atomic E-state index is 12.5. The van der Waals surface area contributed by atoms with Gasteiger partial charge in [-0.25, -0.2) is 0 Å². The molecule has 0 fully saturated rings. The molecule has 0 aliphatic rings. The average molecular weight is 350 g/mol. The highest BCUT2D eigenvalue weighted by Crippen LogP contribution is 2.30. The number of carbonyl (C=O) groups excluding carboxylic acids is 1. The molecule has 2 rings (SSSR count). The predicted molar refractivity (Wildman–Crippen MR) is 93.4 cm³/mol. The van der Waals surface area contributed by atoms with Crippen LogP contribution in [-0.2, 0) is 0 Å². The van der Waals surface area contributed by atoms with Crippen molar-refractivity contribution in [2.75, 3.05) is 21.3 Å². The summed E-state index contributed by atoms with van der Waals surface area (Å²) in [5.74, 6) is 1.66. The molecule has 128 valence electrons. The van der Waals surface area contributed by atoms with Crippen LogP contribution in [0, 0.1) is 0 Å². The fourth-order valence-corrected chi connectivity index (χ4v) is 2.60. The van der Waals surface area contributed by atoms with Gasteiger partial charge in [-0.15, -0.1) is 0 Å². The summed E-state index contributed by atoms with van der Waals surface area (Å²) >= 11 is 6.07. The Bertz CT molecular complexity index is 733. The van der Waals surface area contributed by atoms with Gasteiger partial charge in [-0.2, -0.15) is 0 Å². The summed E-state index contributed by atoms with van der Waals surface area (Å²) in [5, 5.41) is 3.32. The van der Waals surface area contributed by atoms with Crippen molar-refractivity contribution in [1.29, 1.82) is 0 Å². The Labute approximate surface area is 146 Å². The number of halogens is 1. The van der Waals surface area contributed by atoms with Crippen molar-refractivity contribution in [2.24, 2.45) is 0 Å². The smallest absolute Gasteiger partial charge is 0.251 e. The first kappa shape index (κ1) is 17.9. The van der Waals surface area contributed by atoms with E-state index in [0.717, 1.165) is 5.56 Å². The van der Waals surface area contributed by atoms with Crippen molar-refractivity contribution in [3.8, 4) is 17.2 Å². The lowest BCUT2D eigenvalue weighted by Gasteiger charge is -2.18. The molecule has 0 aromatic heterocycles. The molecule has 0 saturated carbocycles. The van der Waals surface area contributed by atoms with E-state index in [1.54, 1.807) is 44.6 Å². The maximum absolute atomic E-state index is 12.5. The van der Waals surface area contributed by atoms with Crippen LogP contribution < -0.4 is 19.5 Å². The van der Waals surface area contributed by atoms with Gasteiger partial charge in [0.05, 0.1) is 32.4 Å². The maximum Gasteiger partial charge on any atom is 0.251 e. The van der Waals surface area contributed by atoms with Crippen LogP contribution in [0.5, 0.6) is 17.2 Å². The zero-order valence-corrected chi connectivity index (χ0v) is 14.8. The van der Waals surface area contributed by atoms with Gasteiger partial charge in [0.2, 0.25) is 0 Å². The molecule has 0 bridgehead atoms. The molecule has 1 atom stereocenters. The van der Waals surface area contributed by atoms with Crippen LogP contribution in [0.4, 0.5) is 0 Å². The van der Waals surface area contributed by atoms with E-state index in [9.17, 15) is 4.79 Å². The number of nitrogens with one attached hydrogen (secondary N) is 1. The number of ether oxygens (including phenoxy) is 3. The Morgan fingerprint density at radius 2 is 1.67 bits per heavy atom. The summed E-state index contributed by atoms with van der Waals surface area (Å²) in [6.07, 6.45) is 0. The minimum Gasteiger partial charge on any atom is -0.497 e. The Morgan fingerprint density at radius 1 is 1.00 bits per heavy atom. The molecule has 0 heterocycles. The normalized spacial score (nSPS) is 11.5. The van der Waals surface area contributed by atoms with Crippen molar-refractivity contribution in [1.82, 2.24) is 5.32 Å². The fourth-order valence-electron chi connectivity index (χ4n) is 2.34. The van der Waals surface area contributed by atoms with Gasteiger partial charge in [0.1, 0.15) is 17.2 Å². The number of carbonyl (C=O) groups is 1. The quantitative estimate of drug-likeness (QED) is 0.860. The van der Waals surface area contributed by atoms with Gasteiger partial charge < -0.3 is 19.5 Å². The first-order chi connectivity index (χ1) is 11.5. The van der Waals surface area contributed by atoms with Crippen LogP contribution in [-0.4, -0.2) is 27.2 Å². The second-order valence-corrected chi connectivity index (χ2v) is 5.56. The molecule has 0 aliphatic heterocycles. The number of hydrogen-bond donors (Lipinski definition) is 1. The molecule has 0 saturated heterocycles. The van der Waals surface area contributed by atoms with Gasteiger partial charge in [0, 0.05) is 11.1 Å². The van der Waals surface area contributed by atoms with Gasteiger partial charge in [-0.1, -0.05) is 11.6 Å². The first-order valence-electron chi connectivity index (χ1n) is 7.36. The molecule has 6 heteroatoms. The summed E-state index contributed by atoms with van der Waals surface area (Å²) in [5.41, 5.74) is 1.28. The van der Waals surface area contributed by atoms with E-state index in [-0.39, 0.29) is 11.9 Å². The molecule has 5 nitrogen and oxygen atoms in total. The highest BCUT2D eigenvalue weighted by Gasteiger charge is 2.17. The zero-order valence-electron chi connectivity index (χ0n) is 14.1. The third-order valence-corrected chi connectivity index (χ3v) is 3.96. The lowest BCUT2D eigenvalue weighted by atomic mass is 10.1. The van der Waals surface area contributed by atoms with Gasteiger partial charge in [-0.3, -0.25) is 4.79 Å². The molecule has 1 N–H and O–H groups in total. The van der Waals surface area contributed by atoms with E-state index in [4.69, 9.17) is 25.8 Å². The minimum absolute atomic E-state index is 0.239. The topological polar surface area (TPSA) is 56.8 Å². The average Bonchev–Trinajstić information content (AvgIpc) is 2.60. The Hall–Kier alpha value is -2.40. The van der Waals surface area contributed by atoms with E-state index in [2.05, 4.69) is 5.32 Å². The number of rotatable bonds is 6. The van der Waals surface area contributed by atoms with Crippen LogP contribution in [0.25, 0.3) is 0 Å². The second kappa shape index (κ2) is 7.93. The van der Waals surface area contributed by atoms with Gasteiger partial charge >= 0.3 is 0 Å².